The molecule has 0 unspecified atom stereocenters. The highest BCUT2D eigenvalue weighted by Crippen LogP contribution is 2.14. The minimum absolute atomic E-state index is 0.0980. The van der Waals surface area contributed by atoms with Crippen molar-refractivity contribution < 1.29 is 14.3 Å². The Labute approximate surface area is 150 Å². The second kappa shape index (κ2) is 10.3. The largest absolute Gasteiger partial charge is 0.374 e. The van der Waals surface area contributed by atoms with Crippen molar-refractivity contribution in [3.63, 3.8) is 0 Å². The molecule has 0 spiro atoms. The lowest BCUT2D eigenvalue weighted by atomic mass is 10.1. The Morgan fingerprint density at radius 2 is 2.04 bits per heavy atom. The first-order valence-electron chi connectivity index (χ1n) is 9.03. The summed E-state index contributed by atoms with van der Waals surface area (Å²) in [6.07, 6.45) is 3.81. The van der Waals surface area contributed by atoms with E-state index < -0.39 is 0 Å². The molecule has 0 aliphatic rings. The van der Waals surface area contributed by atoms with Gasteiger partial charge in [-0.2, -0.15) is 0 Å². The van der Waals surface area contributed by atoms with Gasteiger partial charge in [0.2, 0.25) is 5.91 Å². The van der Waals surface area contributed by atoms with E-state index in [0.717, 1.165) is 13.0 Å². The molecule has 0 aliphatic carbocycles. The van der Waals surface area contributed by atoms with E-state index in [1.807, 2.05) is 20.0 Å². The van der Waals surface area contributed by atoms with Crippen molar-refractivity contribution >= 4 is 11.7 Å². The predicted octanol–water partition coefficient (Wildman–Crippen LogP) is 2.49. The highest BCUT2D eigenvalue weighted by Gasteiger charge is 2.20. The van der Waals surface area contributed by atoms with Crippen LogP contribution in [-0.2, 0) is 27.4 Å². The van der Waals surface area contributed by atoms with Crippen LogP contribution in [0.25, 0.3) is 0 Å². The fraction of sp³-hybridized carbons (Fsp3) is 0.778. The molecule has 0 aromatic carbocycles. The number of ketones is 1. The van der Waals surface area contributed by atoms with Gasteiger partial charge in [-0.1, -0.05) is 26.0 Å². The first-order valence-corrected chi connectivity index (χ1v) is 9.03. The van der Waals surface area contributed by atoms with Crippen LogP contribution in [0.3, 0.4) is 0 Å². The van der Waals surface area contributed by atoms with Crippen molar-refractivity contribution in [3.05, 3.63) is 11.9 Å². The van der Waals surface area contributed by atoms with Crippen molar-refractivity contribution in [2.75, 3.05) is 6.61 Å². The average molecular weight is 352 g/mol. The maximum Gasteiger partial charge on any atom is 0.220 e. The molecule has 0 aliphatic heterocycles. The second-order valence-electron chi connectivity index (χ2n) is 7.37. The molecule has 1 N–H and O–H groups in total. The summed E-state index contributed by atoms with van der Waals surface area (Å²) in [5.74, 6) is 0.569. The highest BCUT2D eigenvalue weighted by atomic mass is 16.5. The van der Waals surface area contributed by atoms with E-state index in [0.29, 0.717) is 31.1 Å². The Balaban J connectivity index is 2.37. The topological polar surface area (TPSA) is 86.1 Å². The average Bonchev–Trinajstić information content (AvgIpc) is 2.96. The van der Waals surface area contributed by atoms with Crippen molar-refractivity contribution in [1.82, 2.24) is 20.3 Å². The summed E-state index contributed by atoms with van der Waals surface area (Å²) in [6.45, 7) is 11.8. The zero-order chi connectivity index (χ0) is 18.9. The van der Waals surface area contributed by atoms with E-state index in [9.17, 15) is 9.59 Å². The molecule has 0 fully saturated rings. The van der Waals surface area contributed by atoms with E-state index in [1.165, 1.54) is 0 Å². The number of rotatable bonds is 12. The lowest BCUT2D eigenvalue weighted by Gasteiger charge is -2.25. The molecule has 1 rings (SSSR count). The monoisotopic (exact) mass is 352 g/mol. The number of carbonyl (C=O) groups is 2. The fourth-order valence-corrected chi connectivity index (χ4v) is 2.21. The molecule has 0 saturated carbocycles. The predicted molar refractivity (Wildman–Crippen MR) is 95.9 cm³/mol. The van der Waals surface area contributed by atoms with Crippen LogP contribution in [-0.4, -0.2) is 38.9 Å². The van der Waals surface area contributed by atoms with Gasteiger partial charge in [0.25, 0.3) is 0 Å². The Kier molecular flexibility index (Phi) is 8.75. The Bertz CT molecular complexity index is 552. The number of carbonyl (C=O) groups excluding carboxylic acids is 2. The Hall–Kier alpha value is -1.76. The van der Waals surface area contributed by atoms with Gasteiger partial charge in [-0.3, -0.25) is 9.59 Å². The fourth-order valence-electron chi connectivity index (χ4n) is 2.21. The van der Waals surface area contributed by atoms with Crippen molar-refractivity contribution in [2.45, 2.75) is 79.0 Å². The van der Waals surface area contributed by atoms with E-state index in [1.54, 1.807) is 11.6 Å². The standard InChI is InChI=1S/C18H32N4O3/c1-6-16(23)7-8-17(24)19-11-15-12-22(21-20-15)13-18(4,5)25-10-9-14(2)3/h12,14H,6-11,13H2,1-5H3,(H,19,24). The third kappa shape index (κ3) is 9.34. The molecule has 25 heavy (non-hydrogen) atoms. The molecular weight excluding hydrogens is 320 g/mol. The third-order valence-corrected chi connectivity index (χ3v) is 3.81. The third-order valence-electron chi connectivity index (χ3n) is 3.81. The van der Waals surface area contributed by atoms with Crippen LogP contribution in [0, 0.1) is 5.92 Å². The second-order valence-corrected chi connectivity index (χ2v) is 7.37. The number of nitrogens with one attached hydrogen (secondary N) is 1. The molecule has 0 saturated heterocycles. The maximum atomic E-state index is 11.7. The molecule has 1 aromatic heterocycles. The quantitative estimate of drug-likeness (QED) is 0.624. The summed E-state index contributed by atoms with van der Waals surface area (Å²) in [7, 11) is 0. The Morgan fingerprint density at radius 1 is 1.32 bits per heavy atom. The molecule has 1 aromatic rings. The summed E-state index contributed by atoms with van der Waals surface area (Å²) in [4.78, 5) is 22.9. The number of ether oxygens (including phenoxy) is 1. The van der Waals surface area contributed by atoms with Crippen molar-refractivity contribution in [2.24, 2.45) is 5.92 Å². The Morgan fingerprint density at radius 3 is 2.68 bits per heavy atom. The van der Waals surface area contributed by atoms with E-state index >= 15 is 0 Å². The molecule has 7 heteroatoms. The zero-order valence-electron chi connectivity index (χ0n) is 16.2. The summed E-state index contributed by atoms with van der Waals surface area (Å²) in [6, 6.07) is 0. The van der Waals surface area contributed by atoms with Crippen LogP contribution < -0.4 is 5.32 Å². The number of hydrogen-bond donors (Lipinski definition) is 1. The summed E-state index contributed by atoms with van der Waals surface area (Å²) >= 11 is 0. The summed E-state index contributed by atoms with van der Waals surface area (Å²) in [5.41, 5.74) is 0.358. The maximum absolute atomic E-state index is 11.7. The van der Waals surface area contributed by atoms with Crippen LogP contribution in [0.4, 0.5) is 0 Å². The van der Waals surface area contributed by atoms with Gasteiger partial charge in [-0.15, -0.1) is 5.10 Å². The van der Waals surface area contributed by atoms with Gasteiger partial charge >= 0.3 is 0 Å². The minimum Gasteiger partial charge on any atom is -0.374 e. The molecular formula is C18H32N4O3. The first kappa shape index (κ1) is 21.3. The lowest BCUT2D eigenvalue weighted by Crippen LogP contribution is -2.31. The van der Waals surface area contributed by atoms with E-state index in [4.69, 9.17) is 4.74 Å². The molecule has 0 atom stereocenters. The molecule has 1 amide bonds. The molecule has 0 bridgehead atoms. The summed E-state index contributed by atoms with van der Waals surface area (Å²) < 4.78 is 7.66. The molecule has 0 radical (unpaired) electrons. The lowest BCUT2D eigenvalue weighted by molar-refractivity contribution is -0.125. The van der Waals surface area contributed by atoms with Gasteiger partial charge < -0.3 is 10.1 Å². The first-order chi connectivity index (χ1) is 11.7. The SMILES string of the molecule is CCC(=O)CCC(=O)NCc1cn(CC(C)(C)OCCC(C)C)nn1. The van der Waals surface area contributed by atoms with Gasteiger partial charge in [0, 0.05) is 25.9 Å². The van der Waals surface area contributed by atoms with Crippen LogP contribution in [0.5, 0.6) is 0 Å². The number of hydrogen-bond acceptors (Lipinski definition) is 5. The summed E-state index contributed by atoms with van der Waals surface area (Å²) in [5, 5.41) is 10.9. The van der Waals surface area contributed by atoms with Crippen molar-refractivity contribution in [3.8, 4) is 0 Å². The van der Waals surface area contributed by atoms with Gasteiger partial charge in [0.1, 0.15) is 11.5 Å². The van der Waals surface area contributed by atoms with Crippen LogP contribution >= 0.6 is 0 Å². The minimum atomic E-state index is -0.330. The van der Waals surface area contributed by atoms with Crippen LogP contribution in [0.2, 0.25) is 0 Å². The smallest absolute Gasteiger partial charge is 0.220 e. The molecule has 142 valence electrons. The van der Waals surface area contributed by atoms with E-state index in [2.05, 4.69) is 29.5 Å². The van der Waals surface area contributed by atoms with Gasteiger partial charge in [-0.05, 0) is 26.2 Å². The zero-order valence-corrected chi connectivity index (χ0v) is 16.2. The number of nitrogens with zero attached hydrogens (tertiary/aromatic N) is 3. The van der Waals surface area contributed by atoms with Gasteiger partial charge in [0.05, 0.1) is 24.9 Å². The van der Waals surface area contributed by atoms with E-state index in [-0.39, 0.29) is 30.1 Å². The van der Waals surface area contributed by atoms with Gasteiger partial charge in [0.15, 0.2) is 0 Å². The normalized spacial score (nSPS) is 11.8. The van der Waals surface area contributed by atoms with Gasteiger partial charge in [-0.25, -0.2) is 4.68 Å². The number of aromatic nitrogens is 3. The number of amides is 1. The number of Topliss-reactive ketones (excluding diaryl/α,β-unsaturated/α-hetero) is 1. The van der Waals surface area contributed by atoms with Crippen LogP contribution in [0.15, 0.2) is 6.20 Å². The molecule has 1 heterocycles. The highest BCUT2D eigenvalue weighted by molar-refractivity contribution is 5.84. The van der Waals surface area contributed by atoms with Crippen LogP contribution in [0.1, 0.15) is 66.0 Å². The molecule has 7 nitrogen and oxygen atoms in total. The van der Waals surface area contributed by atoms with Crippen molar-refractivity contribution in [1.29, 1.82) is 0 Å².